The fourth-order valence-electron chi connectivity index (χ4n) is 1.34. The minimum Gasteiger partial charge on any atom is -0.445 e. The summed E-state index contributed by atoms with van der Waals surface area (Å²) in [6.07, 6.45) is -0.256. The molecule has 0 radical (unpaired) electrons. The first-order valence-corrected chi connectivity index (χ1v) is 6.16. The molecule has 1 aromatic carbocycles. The molecule has 1 N–H and O–H groups in total. The van der Waals surface area contributed by atoms with Crippen LogP contribution in [0.1, 0.15) is 26.3 Å². The lowest BCUT2D eigenvalue weighted by Crippen LogP contribution is -2.36. The summed E-state index contributed by atoms with van der Waals surface area (Å²) in [5, 5.41) is 2.72. The molecule has 1 aromatic rings. The van der Waals surface area contributed by atoms with Gasteiger partial charge in [0.05, 0.1) is 18.8 Å². The van der Waals surface area contributed by atoms with Crippen molar-refractivity contribution in [3.63, 3.8) is 0 Å². The van der Waals surface area contributed by atoms with E-state index in [4.69, 9.17) is 9.47 Å². The van der Waals surface area contributed by atoms with Gasteiger partial charge in [0.15, 0.2) is 0 Å². The first-order chi connectivity index (χ1) is 8.58. The van der Waals surface area contributed by atoms with Crippen LogP contribution in [0.3, 0.4) is 0 Å². The van der Waals surface area contributed by atoms with Gasteiger partial charge in [-0.15, -0.1) is 0 Å². The van der Waals surface area contributed by atoms with Crippen molar-refractivity contribution < 1.29 is 14.3 Å². The summed E-state index contributed by atoms with van der Waals surface area (Å²) in [6, 6.07) is 9.52. The maximum absolute atomic E-state index is 11.5. The second-order valence-corrected chi connectivity index (χ2v) is 4.49. The molecule has 1 atom stereocenters. The molecule has 0 aliphatic carbocycles. The van der Waals surface area contributed by atoms with Gasteiger partial charge in [0.1, 0.15) is 6.61 Å². The number of hydrogen-bond donors (Lipinski definition) is 1. The van der Waals surface area contributed by atoms with E-state index in [9.17, 15) is 4.79 Å². The maximum Gasteiger partial charge on any atom is 0.407 e. The monoisotopic (exact) mass is 251 g/mol. The number of hydrogen-bond acceptors (Lipinski definition) is 3. The van der Waals surface area contributed by atoms with E-state index >= 15 is 0 Å². The summed E-state index contributed by atoms with van der Waals surface area (Å²) in [7, 11) is 0. The Kier molecular flexibility index (Phi) is 6.22. The van der Waals surface area contributed by atoms with Crippen LogP contribution < -0.4 is 5.32 Å². The van der Waals surface area contributed by atoms with Crippen LogP contribution in [0.2, 0.25) is 0 Å². The summed E-state index contributed by atoms with van der Waals surface area (Å²) in [6.45, 7) is 6.57. The highest BCUT2D eigenvalue weighted by molar-refractivity contribution is 5.67. The molecule has 0 saturated carbocycles. The van der Waals surface area contributed by atoms with Crippen molar-refractivity contribution in [2.75, 3.05) is 6.61 Å². The Morgan fingerprint density at radius 1 is 1.22 bits per heavy atom. The molecule has 100 valence electrons. The summed E-state index contributed by atoms with van der Waals surface area (Å²) in [5.74, 6) is 0. The van der Waals surface area contributed by atoms with E-state index in [-0.39, 0.29) is 18.8 Å². The topological polar surface area (TPSA) is 47.6 Å². The highest BCUT2D eigenvalue weighted by atomic mass is 16.5. The highest BCUT2D eigenvalue weighted by Gasteiger charge is 2.09. The molecule has 4 nitrogen and oxygen atoms in total. The van der Waals surface area contributed by atoms with Gasteiger partial charge in [-0.1, -0.05) is 30.3 Å². The molecule has 0 fully saturated rings. The summed E-state index contributed by atoms with van der Waals surface area (Å²) >= 11 is 0. The van der Waals surface area contributed by atoms with Gasteiger partial charge < -0.3 is 14.8 Å². The van der Waals surface area contributed by atoms with Crippen LogP contribution in [-0.4, -0.2) is 24.8 Å². The largest absolute Gasteiger partial charge is 0.445 e. The Morgan fingerprint density at radius 3 is 2.50 bits per heavy atom. The fraction of sp³-hybridized carbons (Fsp3) is 0.500. The third-order valence-electron chi connectivity index (χ3n) is 2.26. The van der Waals surface area contributed by atoms with Crippen molar-refractivity contribution in [2.45, 2.75) is 39.5 Å². The molecule has 0 heterocycles. The molecule has 0 saturated heterocycles. The SMILES string of the molecule is CC(COC(C)C)NC(=O)OCc1ccccc1. The lowest BCUT2D eigenvalue weighted by atomic mass is 10.2. The Labute approximate surface area is 108 Å². The molecule has 0 aliphatic heterocycles. The molecule has 18 heavy (non-hydrogen) atoms. The van der Waals surface area contributed by atoms with Gasteiger partial charge in [0.25, 0.3) is 0 Å². The number of carbonyl (C=O) groups excluding carboxylic acids is 1. The zero-order chi connectivity index (χ0) is 13.4. The number of rotatable bonds is 6. The smallest absolute Gasteiger partial charge is 0.407 e. The number of nitrogens with one attached hydrogen (secondary N) is 1. The average molecular weight is 251 g/mol. The maximum atomic E-state index is 11.5. The van der Waals surface area contributed by atoms with E-state index in [1.165, 1.54) is 0 Å². The van der Waals surface area contributed by atoms with Gasteiger partial charge in [-0.25, -0.2) is 4.79 Å². The molecule has 1 rings (SSSR count). The fourth-order valence-corrected chi connectivity index (χ4v) is 1.34. The van der Waals surface area contributed by atoms with E-state index in [1.807, 2.05) is 51.1 Å². The van der Waals surface area contributed by atoms with E-state index in [2.05, 4.69) is 5.32 Å². The quantitative estimate of drug-likeness (QED) is 0.845. The van der Waals surface area contributed by atoms with E-state index in [1.54, 1.807) is 0 Å². The second kappa shape index (κ2) is 7.71. The lowest BCUT2D eigenvalue weighted by molar-refractivity contribution is 0.0610. The number of alkyl carbamates (subject to hydrolysis) is 1. The number of amides is 1. The first-order valence-electron chi connectivity index (χ1n) is 6.16. The first kappa shape index (κ1) is 14.5. The van der Waals surface area contributed by atoms with Crippen LogP contribution >= 0.6 is 0 Å². The standard InChI is InChI=1S/C14H21NO3/c1-11(2)17-9-12(3)15-14(16)18-10-13-7-5-4-6-8-13/h4-8,11-12H,9-10H2,1-3H3,(H,15,16). The van der Waals surface area contributed by atoms with Crippen LogP contribution in [-0.2, 0) is 16.1 Å². The van der Waals surface area contributed by atoms with Crippen molar-refractivity contribution in [2.24, 2.45) is 0 Å². The summed E-state index contributed by atoms with van der Waals surface area (Å²) < 4.78 is 10.5. The van der Waals surface area contributed by atoms with Crippen molar-refractivity contribution in [1.29, 1.82) is 0 Å². The highest BCUT2D eigenvalue weighted by Crippen LogP contribution is 2.01. The number of carbonyl (C=O) groups is 1. The molecule has 4 heteroatoms. The Hall–Kier alpha value is -1.55. The molecule has 1 unspecified atom stereocenters. The van der Waals surface area contributed by atoms with Crippen molar-refractivity contribution in [1.82, 2.24) is 5.32 Å². The Morgan fingerprint density at radius 2 is 1.89 bits per heavy atom. The summed E-state index contributed by atoms with van der Waals surface area (Å²) in [5.41, 5.74) is 0.971. The van der Waals surface area contributed by atoms with Gasteiger partial charge in [-0.05, 0) is 26.3 Å². The van der Waals surface area contributed by atoms with E-state index in [0.717, 1.165) is 5.56 Å². The molecule has 1 amide bonds. The lowest BCUT2D eigenvalue weighted by Gasteiger charge is -2.15. The van der Waals surface area contributed by atoms with Crippen LogP contribution in [0.15, 0.2) is 30.3 Å². The molecule has 0 aromatic heterocycles. The second-order valence-electron chi connectivity index (χ2n) is 4.49. The van der Waals surface area contributed by atoms with E-state index in [0.29, 0.717) is 6.61 Å². The molecular formula is C14H21NO3. The molecule has 0 spiro atoms. The zero-order valence-electron chi connectivity index (χ0n) is 11.2. The number of ether oxygens (including phenoxy) is 2. The van der Waals surface area contributed by atoms with E-state index < -0.39 is 6.09 Å². The predicted octanol–water partition coefficient (Wildman–Crippen LogP) is 2.73. The summed E-state index contributed by atoms with van der Waals surface area (Å²) in [4.78, 5) is 11.5. The van der Waals surface area contributed by atoms with Crippen LogP contribution in [0.25, 0.3) is 0 Å². The minimum absolute atomic E-state index is 0.0596. The number of benzene rings is 1. The van der Waals surface area contributed by atoms with Crippen molar-refractivity contribution >= 4 is 6.09 Å². The van der Waals surface area contributed by atoms with Gasteiger partial charge >= 0.3 is 6.09 Å². The third kappa shape index (κ3) is 6.25. The minimum atomic E-state index is -0.418. The van der Waals surface area contributed by atoms with Gasteiger partial charge in [0, 0.05) is 0 Å². The van der Waals surface area contributed by atoms with Gasteiger partial charge in [-0.3, -0.25) is 0 Å². The molecule has 0 aliphatic rings. The van der Waals surface area contributed by atoms with Crippen LogP contribution in [0.5, 0.6) is 0 Å². The Balaban J connectivity index is 2.21. The van der Waals surface area contributed by atoms with Crippen LogP contribution in [0, 0.1) is 0 Å². The normalized spacial score (nSPS) is 12.2. The average Bonchev–Trinajstić information content (AvgIpc) is 2.35. The Bertz CT molecular complexity index is 351. The van der Waals surface area contributed by atoms with Crippen LogP contribution in [0.4, 0.5) is 4.79 Å². The third-order valence-corrected chi connectivity index (χ3v) is 2.26. The van der Waals surface area contributed by atoms with Crippen molar-refractivity contribution in [3.8, 4) is 0 Å². The van der Waals surface area contributed by atoms with Gasteiger partial charge in [-0.2, -0.15) is 0 Å². The van der Waals surface area contributed by atoms with Gasteiger partial charge in [0.2, 0.25) is 0 Å². The van der Waals surface area contributed by atoms with Crippen molar-refractivity contribution in [3.05, 3.63) is 35.9 Å². The molecule has 0 bridgehead atoms. The zero-order valence-corrected chi connectivity index (χ0v) is 11.2. The predicted molar refractivity (Wildman–Crippen MR) is 70.3 cm³/mol. The molecular weight excluding hydrogens is 230 g/mol.